The van der Waals surface area contributed by atoms with Gasteiger partial charge >= 0.3 is 0 Å². The Kier molecular flexibility index (Phi) is 5.18. The van der Waals surface area contributed by atoms with Crippen LogP contribution in [0.25, 0.3) is 0 Å². The average Bonchev–Trinajstić information content (AvgIpc) is 2.16. The third-order valence-corrected chi connectivity index (χ3v) is 2.03. The van der Waals surface area contributed by atoms with Crippen molar-refractivity contribution in [2.45, 2.75) is 19.4 Å². The van der Waals surface area contributed by atoms with E-state index in [1.54, 1.807) is 6.92 Å². The van der Waals surface area contributed by atoms with Gasteiger partial charge in [0.25, 0.3) is 5.69 Å². The van der Waals surface area contributed by atoms with Crippen molar-refractivity contribution in [1.82, 2.24) is 0 Å². The SMILES string of the molecule is CC[C@@H](N)c1cc(F)ccc1[N+](=O)[O-].Cl. The standard InChI is InChI=1S/C9H11FN2O2.ClH/c1-2-8(11)7-5-6(10)3-4-9(7)12(13)14;/h3-5,8H,2,11H2,1H3;1H/t8-;/m1./s1. The lowest BCUT2D eigenvalue weighted by Crippen LogP contribution is -2.11. The summed E-state index contributed by atoms with van der Waals surface area (Å²) in [5.74, 6) is -0.505. The first-order chi connectivity index (χ1) is 6.56. The first-order valence-electron chi connectivity index (χ1n) is 4.25. The van der Waals surface area contributed by atoms with Crippen molar-refractivity contribution in [3.63, 3.8) is 0 Å². The number of nitro groups is 1. The molecule has 0 bridgehead atoms. The quantitative estimate of drug-likeness (QED) is 0.646. The molecule has 0 unspecified atom stereocenters. The van der Waals surface area contributed by atoms with E-state index in [0.717, 1.165) is 18.2 Å². The molecule has 0 aromatic heterocycles. The first-order valence-corrected chi connectivity index (χ1v) is 4.25. The summed E-state index contributed by atoms with van der Waals surface area (Å²) in [5, 5.41) is 10.6. The van der Waals surface area contributed by atoms with E-state index >= 15 is 0 Å². The number of hydrogen-bond acceptors (Lipinski definition) is 3. The highest BCUT2D eigenvalue weighted by Gasteiger charge is 2.18. The van der Waals surface area contributed by atoms with Crippen molar-refractivity contribution in [3.05, 3.63) is 39.7 Å². The fourth-order valence-corrected chi connectivity index (χ4v) is 1.21. The van der Waals surface area contributed by atoms with E-state index in [0.29, 0.717) is 6.42 Å². The van der Waals surface area contributed by atoms with Crippen LogP contribution in [0, 0.1) is 15.9 Å². The molecule has 15 heavy (non-hydrogen) atoms. The molecule has 0 spiro atoms. The molecule has 0 saturated heterocycles. The number of benzene rings is 1. The Morgan fingerprint density at radius 2 is 2.20 bits per heavy atom. The fraction of sp³-hybridized carbons (Fsp3) is 0.333. The maximum atomic E-state index is 12.8. The van der Waals surface area contributed by atoms with Crippen LogP contribution in [0.2, 0.25) is 0 Å². The molecule has 0 aliphatic rings. The smallest absolute Gasteiger partial charge is 0.274 e. The van der Waals surface area contributed by atoms with Gasteiger partial charge in [-0.1, -0.05) is 6.92 Å². The van der Waals surface area contributed by atoms with Gasteiger partial charge in [0.1, 0.15) is 5.82 Å². The number of nitro benzene ring substituents is 1. The maximum Gasteiger partial charge on any atom is 0.274 e. The van der Waals surface area contributed by atoms with E-state index in [1.165, 1.54) is 0 Å². The Balaban J connectivity index is 0.00000196. The molecule has 0 aliphatic heterocycles. The van der Waals surface area contributed by atoms with Crippen LogP contribution in [0.5, 0.6) is 0 Å². The van der Waals surface area contributed by atoms with Crippen molar-refractivity contribution in [2.75, 3.05) is 0 Å². The van der Waals surface area contributed by atoms with Gasteiger partial charge in [0, 0.05) is 17.7 Å². The minimum Gasteiger partial charge on any atom is -0.324 e. The van der Waals surface area contributed by atoms with Gasteiger partial charge in [0.05, 0.1) is 4.92 Å². The van der Waals surface area contributed by atoms with Crippen LogP contribution in [0.1, 0.15) is 24.9 Å². The van der Waals surface area contributed by atoms with Crippen LogP contribution in [0.3, 0.4) is 0 Å². The maximum absolute atomic E-state index is 12.8. The largest absolute Gasteiger partial charge is 0.324 e. The third-order valence-electron chi connectivity index (χ3n) is 2.03. The molecule has 0 aliphatic carbocycles. The Morgan fingerprint density at radius 1 is 1.60 bits per heavy atom. The third kappa shape index (κ3) is 3.14. The molecule has 1 aromatic rings. The second kappa shape index (κ2) is 5.63. The van der Waals surface area contributed by atoms with E-state index in [4.69, 9.17) is 5.73 Å². The summed E-state index contributed by atoms with van der Waals surface area (Å²) in [6.07, 6.45) is 0.532. The van der Waals surface area contributed by atoms with Crippen molar-refractivity contribution in [2.24, 2.45) is 5.73 Å². The molecule has 1 atom stereocenters. The Labute approximate surface area is 92.8 Å². The minimum atomic E-state index is -0.551. The second-order valence-electron chi connectivity index (χ2n) is 2.97. The zero-order valence-electron chi connectivity index (χ0n) is 8.14. The number of rotatable bonds is 3. The molecule has 1 rings (SSSR count). The Bertz CT molecular complexity index is 360. The molecule has 1 aromatic carbocycles. The predicted molar refractivity (Wildman–Crippen MR) is 57.5 cm³/mol. The highest BCUT2D eigenvalue weighted by atomic mass is 35.5. The Hall–Kier alpha value is -1.20. The lowest BCUT2D eigenvalue weighted by atomic mass is 10.0. The molecule has 0 fully saturated rings. The molecule has 0 amide bonds. The summed E-state index contributed by atoms with van der Waals surface area (Å²) in [5.41, 5.74) is 5.75. The lowest BCUT2D eigenvalue weighted by Gasteiger charge is -2.09. The van der Waals surface area contributed by atoms with Gasteiger partial charge in [-0.05, 0) is 18.6 Å². The average molecular weight is 235 g/mol. The first kappa shape index (κ1) is 13.8. The van der Waals surface area contributed by atoms with E-state index in [-0.39, 0.29) is 23.7 Å². The molecule has 0 saturated carbocycles. The summed E-state index contributed by atoms with van der Waals surface area (Å²) < 4.78 is 12.8. The van der Waals surface area contributed by atoms with Gasteiger partial charge in [0.2, 0.25) is 0 Å². The minimum absolute atomic E-state index is 0. The molecule has 4 nitrogen and oxygen atoms in total. The lowest BCUT2D eigenvalue weighted by molar-refractivity contribution is -0.385. The highest BCUT2D eigenvalue weighted by molar-refractivity contribution is 5.85. The van der Waals surface area contributed by atoms with Gasteiger partial charge in [-0.25, -0.2) is 4.39 Å². The van der Waals surface area contributed by atoms with Crippen LogP contribution >= 0.6 is 12.4 Å². The van der Waals surface area contributed by atoms with Crippen molar-refractivity contribution >= 4 is 18.1 Å². The summed E-state index contributed by atoms with van der Waals surface area (Å²) in [4.78, 5) is 10.0. The number of nitrogens with two attached hydrogens (primary N) is 1. The molecule has 0 radical (unpaired) electrons. The monoisotopic (exact) mass is 234 g/mol. The van der Waals surface area contributed by atoms with Gasteiger partial charge in [-0.2, -0.15) is 0 Å². The molecule has 2 N–H and O–H groups in total. The van der Waals surface area contributed by atoms with Gasteiger partial charge in [-0.3, -0.25) is 10.1 Å². The zero-order valence-corrected chi connectivity index (χ0v) is 8.96. The van der Waals surface area contributed by atoms with Crippen LogP contribution in [0.15, 0.2) is 18.2 Å². The second-order valence-corrected chi connectivity index (χ2v) is 2.97. The summed E-state index contributed by atoms with van der Waals surface area (Å²) in [7, 11) is 0. The number of nitrogens with zero attached hydrogens (tertiary/aromatic N) is 1. The number of halogens is 2. The van der Waals surface area contributed by atoms with E-state index < -0.39 is 16.8 Å². The molecule has 84 valence electrons. The van der Waals surface area contributed by atoms with Crippen LogP contribution in [-0.4, -0.2) is 4.92 Å². The van der Waals surface area contributed by atoms with Crippen LogP contribution < -0.4 is 5.73 Å². The molecular formula is C9H12ClFN2O2. The van der Waals surface area contributed by atoms with E-state index in [9.17, 15) is 14.5 Å². The van der Waals surface area contributed by atoms with Gasteiger partial charge < -0.3 is 5.73 Å². The topological polar surface area (TPSA) is 69.2 Å². The van der Waals surface area contributed by atoms with Gasteiger partial charge in [0.15, 0.2) is 0 Å². The van der Waals surface area contributed by atoms with Crippen molar-refractivity contribution < 1.29 is 9.31 Å². The molecule has 6 heteroatoms. The highest BCUT2D eigenvalue weighted by Crippen LogP contribution is 2.25. The van der Waals surface area contributed by atoms with E-state index in [2.05, 4.69) is 0 Å². The molecule has 0 heterocycles. The summed E-state index contributed by atoms with van der Waals surface area (Å²) >= 11 is 0. The number of hydrogen-bond donors (Lipinski definition) is 1. The fourth-order valence-electron chi connectivity index (χ4n) is 1.21. The Morgan fingerprint density at radius 3 is 2.67 bits per heavy atom. The molecular weight excluding hydrogens is 223 g/mol. The normalized spacial score (nSPS) is 11.7. The van der Waals surface area contributed by atoms with Crippen LogP contribution in [0.4, 0.5) is 10.1 Å². The van der Waals surface area contributed by atoms with Gasteiger partial charge in [-0.15, -0.1) is 12.4 Å². The predicted octanol–water partition coefficient (Wildman–Crippen LogP) is 2.57. The summed E-state index contributed by atoms with van der Waals surface area (Å²) in [6.45, 7) is 1.79. The van der Waals surface area contributed by atoms with Crippen LogP contribution in [-0.2, 0) is 0 Å². The zero-order chi connectivity index (χ0) is 10.7. The van der Waals surface area contributed by atoms with Crippen molar-refractivity contribution in [3.8, 4) is 0 Å². The van der Waals surface area contributed by atoms with Crippen molar-refractivity contribution in [1.29, 1.82) is 0 Å². The van der Waals surface area contributed by atoms with E-state index in [1.807, 2.05) is 0 Å². The summed E-state index contributed by atoms with van der Waals surface area (Å²) in [6, 6.07) is 2.82.